The molecule has 0 amide bonds. The average Bonchev–Trinajstić information content (AvgIpc) is 3.30. The molecule has 2 aromatic heterocycles. The van der Waals surface area contributed by atoms with Crippen LogP contribution in [0, 0.1) is 0 Å². The molecule has 35 heavy (non-hydrogen) atoms. The molecule has 3 aromatic carbocycles. The van der Waals surface area contributed by atoms with E-state index in [0.717, 1.165) is 50.9 Å². The number of nitrogens with zero attached hydrogens (tertiary/aromatic N) is 3. The summed E-state index contributed by atoms with van der Waals surface area (Å²) < 4.78 is 24.2. The molecule has 0 radical (unpaired) electrons. The second-order valence-corrected chi connectivity index (χ2v) is 8.03. The lowest BCUT2D eigenvalue weighted by molar-refractivity contribution is 0.355. The van der Waals surface area contributed by atoms with E-state index in [1.807, 2.05) is 65.3 Å². The van der Waals surface area contributed by atoms with Crippen molar-refractivity contribution in [3.05, 3.63) is 66.4 Å². The fraction of sp³-hybridized carbons (Fsp3) is 0.214. The van der Waals surface area contributed by atoms with Crippen LogP contribution in [0.1, 0.15) is 12.6 Å². The van der Waals surface area contributed by atoms with Gasteiger partial charge in [0.05, 0.1) is 50.9 Å². The van der Waals surface area contributed by atoms with E-state index in [0.29, 0.717) is 23.0 Å². The standard InChI is InChI=1S/C28H27N3O4/c1-6-21-26-19-15-24(34-4)25(35-5)16-20(19)27(17-12-13-22(32-2)23(14-17)33-3)29-28(26)31(30-21)18-10-8-7-9-11-18/h7-16H,6H2,1-5H3. The van der Waals surface area contributed by atoms with Crippen LogP contribution < -0.4 is 18.9 Å². The highest BCUT2D eigenvalue weighted by molar-refractivity contribution is 6.12. The molecule has 0 atom stereocenters. The number of aryl methyl sites for hydroxylation is 1. The zero-order valence-electron chi connectivity index (χ0n) is 20.5. The maximum absolute atomic E-state index is 5.66. The summed E-state index contributed by atoms with van der Waals surface area (Å²) in [6, 6.07) is 19.8. The fourth-order valence-electron chi connectivity index (χ4n) is 4.48. The van der Waals surface area contributed by atoms with Crippen molar-refractivity contribution >= 4 is 21.8 Å². The minimum Gasteiger partial charge on any atom is -0.493 e. The van der Waals surface area contributed by atoms with E-state index in [9.17, 15) is 0 Å². The first-order valence-electron chi connectivity index (χ1n) is 11.4. The summed E-state index contributed by atoms with van der Waals surface area (Å²) in [5.74, 6) is 2.58. The monoisotopic (exact) mass is 469 g/mol. The van der Waals surface area contributed by atoms with Crippen LogP contribution >= 0.6 is 0 Å². The Labute approximate surface area is 203 Å². The van der Waals surface area contributed by atoms with E-state index >= 15 is 0 Å². The molecule has 0 bridgehead atoms. The van der Waals surface area contributed by atoms with Crippen LogP contribution in [0.5, 0.6) is 23.0 Å². The summed E-state index contributed by atoms with van der Waals surface area (Å²) in [6.45, 7) is 2.10. The van der Waals surface area contributed by atoms with Crippen LogP contribution in [0.4, 0.5) is 0 Å². The van der Waals surface area contributed by atoms with Crippen LogP contribution in [-0.4, -0.2) is 43.2 Å². The molecule has 0 aliphatic heterocycles. The molecule has 178 valence electrons. The first-order chi connectivity index (χ1) is 17.1. The van der Waals surface area contributed by atoms with Crippen molar-refractivity contribution in [2.45, 2.75) is 13.3 Å². The van der Waals surface area contributed by atoms with E-state index in [1.54, 1.807) is 28.4 Å². The molecular weight excluding hydrogens is 442 g/mol. The van der Waals surface area contributed by atoms with Gasteiger partial charge < -0.3 is 18.9 Å². The number of pyridine rings is 1. The quantitative estimate of drug-likeness (QED) is 0.298. The second kappa shape index (κ2) is 9.18. The Hall–Kier alpha value is -4.26. The van der Waals surface area contributed by atoms with E-state index in [1.165, 1.54) is 0 Å². The van der Waals surface area contributed by atoms with Gasteiger partial charge in [-0.05, 0) is 48.9 Å². The lowest BCUT2D eigenvalue weighted by Crippen LogP contribution is -2.00. The molecule has 0 fully saturated rings. The van der Waals surface area contributed by atoms with E-state index < -0.39 is 0 Å². The molecule has 0 unspecified atom stereocenters. The summed E-state index contributed by atoms with van der Waals surface area (Å²) in [4.78, 5) is 5.19. The Morgan fingerprint density at radius 3 is 1.97 bits per heavy atom. The minimum absolute atomic E-state index is 0.631. The predicted octanol–water partition coefficient (Wildman–Crippen LogP) is 5.84. The van der Waals surface area contributed by atoms with Crippen molar-refractivity contribution < 1.29 is 18.9 Å². The lowest BCUT2D eigenvalue weighted by atomic mass is 9.99. The molecule has 5 rings (SSSR count). The first kappa shape index (κ1) is 22.5. The summed E-state index contributed by atoms with van der Waals surface area (Å²) in [7, 11) is 6.53. The number of hydrogen-bond donors (Lipinski definition) is 0. The number of methoxy groups -OCH3 is 4. The normalized spacial score (nSPS) is 11.1. The van der Waals surface area contributed by atoms with Crippen LogP contribution in [-0.2, 0) is 6.42 Å². The Morgan fingerprint density at radius 1 is 0.714 bits per heavy atom. The number of benzene rings is 3. The third-order valence-corrected chi connectivity index (χ3v) is 6.19. The van der Waals surface area contributed by atoms with Crippen molar-refractivity contribution in [3.8, 4) is 39.9 Å². The average molecular weight is 470 g/mol. The van der Waals surface area contributed by atoms with Gasteiger partial charge in [-0.2, -0.15) is 5.10 Å². The summed E-state index contributed by atoms with van der Waals surface area (Å²) in [5, 5.41) is 7.89. The highest BCUT2D eigenvalue weighted by atomic mass is 16.5. The molecule has 0 saturated carbocycles. The highest BCUT2D eigenvalue weighted by Crippen LogP contribution is 2.42. The summed E-state index contributed by atoms with van der Waals surface area (Å²) >= 11 is 0. The third kappa shape index (κ3) is 3.69. The summed E-state index contributed by atoms with van der Waals surface area (Å²) in [6.07, 6.45) is 0.761. The Balaban J connectivity index is 1.93. The van der Waals surface area contributed by atoms with Gasteiger partial charge in [0.25, 0.3) is 0 Å². The van der Waals surface area contributed by atoms with Gasteiger partial charge in [-0.25, -0.2) is 9.67 Å². The van der Waals surface area contributed by atoms with Gasteiger partial charge in [0.1, 0.15) is 0 Å². The zero-order valence-corrected chi connectivity index (χ0v) is 20.5. The number of aromatic nitrogens is 3. The van der Waals surface area contributed by atoms with Gasteiger partial charge in [-0.3, -0.25) is 0 Å². The molecule has 0 spiro atoms. The van der Waals surface area contributed by atoms with Gasteiger partial charge in [0, 0.05) is 16.3 Å². The fourth-order valence-corrected chi connectivity index (χ4v) is 4.48. The molecule has 0 N–H and O–H groups in total. The van der Waals surface area contributed by atoms with Crippen molar-refractivity contribution in [3.63, 3.8) is 0 Å². The maximum Gasteiger partial charge on any atom is 0.164 e. The van der Waals surface area contributed by atoms with Gasteiger partial charge >= 0.3 is 0 Å². The van der Waals surface area contributed by atoms with Crippen LogP contribution in [0.3, 0.4) is 0 Å². The van der Waals surface area contributed by atoms with E-state index in [4.69, 9.17) is 29.0 Å². The van der Waals surface area contributed by atoms with Crippen molar-refractivity contribution in [1.29, 1.82) is 0 Å². The number of rotatable bonds is 7. The largest absolute Gasteiger partial charge is 0.493 e. The topological polar surface area (TPSA) is 67.6 Å². The molecule has 2 heterocycles. The SMILES string of the molecule is CCc1nn(-c2ccccc2)c2nc(-c3ccc(OC)c(OC)c3)c3cc(OC)c(OC)cc3c12. The predicted molar refractivity (Wildman–Crippen MR) is 137 cm³/mol. The zero-order chi connectivity index (χ0) is 24.5. The van der Waals surface area contributed by atoms with Gasteiger partial charge in [-0.15, -0.1) is 0 Å². The van der Waals surface area contributed by atoms with Gasteiger partial charge in [0.2, 0.25) is 0 Å². The number of hydrogen-bond acceptors (Lipinski definition) is 6. The molecule has 0 saturated heterocycles. The lowest BCUT2D eigenvalue weighted by Gasteiger charge is -2.15. The second-order valence-electron chi connectivity index (χ2n) is 8.03. The molecule has 5 aromatic rings. The Bertz CT molecular complexity index is 1530. The molecule has 0 aliphatic rings. The molecule has 0 aliphatic carbocycles. The van der Waals surface area contributed by atoms with Gasteiger partial charge in [0.15, 0.2) is 28.6 Å². The Kier molecular flexibility index (Phi) is 5.91. The number of para-hydroxylation sites is 1. The van der Waals surface area contributed by atoms with E-state index in [-0.39, 0.29) is 0 Å². The molecule has 7 nitrogen and oxygen atoms in total. The van der Waals surface area contributed by atoms with Crippen LogP contribution in [0.2, 0.25) is 0 Å². The third-order valence-electron chi connectivity index (χ3n) is 6.19. The van der Waals surface area contributed by atoms with Crippen molar-refractivity contribution in [2.24, 2.45) is 0 Å². The van der Waals surface area contributed by atoms with Gasteiger partial charge in [-0.1, -0.05) is 25.1 Å². The highest BCUT2D eigenvalue weighted by Gasteiger charge is 2.22. The van der Waals surface area contributed by atoms with E-state index in [2.05, 4.69) is 6.92 Å². The first-order valence-corrected chi connectivity index (χ1v) is 11.4. The smallest absolute Gasteiger partial charge is 0.164 e. The molecule has 7 heteroatoms. The van der Waals surface area contributed by atoms with Crippen molar-refractivity contribution in [2.75, 3.05) is 28.4 Å². The van der Waals surface area contributed by atoms with Crippen LogP contribution in [0.15, 0.2) is 60.7 Å². The number of ether oxygens (including phenoxy) is 4. The van der Waals surface area contributed by atoms with Crippen molar-refractivity contribution in [1.82, 2.24) is 14.8 Å². The van der Waals surface area contributed by atoms with Crippen LogP contribution in [0.25, 0.3) is 38.8 Å². The summed E-state index contributed by atoms with van der Waals surface area (Å²) in [5.41, 5.74) is 4.36. The molecular formula is C28H27N3O4. The maximum atomic E-state index is 5.66. The minimum atomic E-state index is 0.631. The Morgan fingerprint density at radius 2 is 1.34 bits per heavy atom. The number of fused-ring (bicyclic) bond motifs is 3.